The van der Waals surface area contributed by atoms with E-state index in [1.165, 1.54) is 17.4 Å². The quantitative estimate of drug-likeness (QED) is 0.772. The highest BCUT2D eigenvalue weighted by atomic mass is 32.2. The molecule has 2 N–H and O–H groups in total. The van der Waals surface area contributed by atoms with Gasteiger partial charge in [0, 0.05) is 19.1 Å². The molecule has 0 saturated carbocycles. The Balaban J connectivity index is 1.77. The Hall–Kier alpha value is -0.910. The van der Waals surface area contributed by atoms with Crippen LogP contribution in [0.25, 0.3) is 0 Å². The Bertz CT molecular complexity index is 499. The van der Waals surface area contributed by atoms with Crippen molar-refractivity contribution in [3.8, 4) is 0 Å². The van der Waals surface area contributed by atoms with Gasteiger partial charge < -0.3 is 5.32 Å². The number of benzene rings is 1. The molecule has 0 bridgehead atoms. The minimum atomic E-state index is -3.07. The molecule has 100 valence electrons. The molecule has 1 aromatic rings. The van der Waals surface area contributed by atoms with E-state index in [2.05, 4.69) is 34.3 Å². The van der Waals surface area contributed by atoms with Crippen molar-refractivity contribution < 1.29 is 8.42 Å². The molecular formula is C13H20N2O2S. The van der Waals surface area contributed by atoms with Crippen molar-refractivity contribution in [2.75, 3.05) is 19.3 Å². The fraction of sp³-hybridized carbons (Fsp3) is 0.538. The van der Waals surface area contributed by atoms with Crippen LogP contribution in [0.15, 0.2) is 24.3 Å². The van der Waals surface area contributed by atoms with Crippen LogP contribution in [0.4, 0.5) is 0 Å². The van der Waals surface area contributed by atoms with Gasteiger partial charge in [-0.15, -0.1) is 0 Å². The zero-order valence-electron chi connectivity index (χ0n) is 10.6. The third kappa shape index (κ3) is 4.08. The summed E-state index contributed by atoms with van der Waals surface area (Å²) in [4.78, 5) is 0. The van der Waals surface area contributed by atoms with Crippen LogP contribution in [0.2, 0.25) is 0 Å². The first-order chi connectivity index (χ1) is 8.54. The van der Waals surface area contributed by atoms with Gasteiger partial charge >= 0.3 is 0 Å². The summed E-state index contributed by atoms with van der Waals surface area (Å²) < 4.78 is 24.3. The molecular weight excluding hydrogens is 248 g/mol. The van der Waals surface area contributed by atoms with Gasteiger partial charge in [0.05, 0.1) is 6.26 Å². The summed E-state index contributed by atoms with van der Waals surface area (Å²) in [5.41, 5.74) is 2.86. The molecule has 0 fully saturated rings. The maximum Gasteiger partial charge on any atom is 0.208 e. The number of hydrogen-bond acceptors (Lipinski definition) is 3. The molecule has 1 aromatic carbocycles. The van der Waals surface area contributed by atoms with Crippen LogP contribution in [-0.2, 0) is 22.9 Å². The Morgan fingerprint density at radius 2 is 1.94 bits per heavy atom. The first-order valence-corrected chi connectivity index (χ1v) is 8.18. The van der Waals surface area contributed by atoms with Crippen LogP contribution >= 0.6 is 0 Å². The number of fused-ring (bicyclic) bond motifs is 1. The molecule has 0 amide bonds. The summed E-state index contributed by atoms with van der Waals surface area (Å²) in [5.74, 6) is 0. The van der Waals surface area contributed by atoms with E-state index in [1.807, 2.05) is 0 Å². The van der Waals surface area contributed by atoms with Gasteiger partial charge in [-0.2, -0.15) is 0 Å². The van der Waals surface area contributed by atoms with E-state index in [1.54, 1.807) is 0 Å². The summed E-state index contributed by atoms with van der Waals surface area (Å²) in [5, 5.41) is 3.41. The predicted octanol–water partition coefficient (Wildman–Crippen LogP) is 0.683. The number of hydrogen-bond donors (Lipinski definition) is 2. The lowest BCUT2D eigenvalue weighted by atomic mass is 9.88. The number of rotatable bonds is 5. The van der Waals surface area contributed by atoms with E-state index in [9.17, 15) is 8.42 Å². The van der Waals surface area contributed by atoms with Gasteiger partial charge in [0.15, 0.2) is 0 Å². The first-order valence-electron chi connectivity index (χ1n) is 6.29. The molecule has 4 nitrogen and oxygen atoms in total. The highest BCUT2D eigenvalue weighted by molar-refractivity contribution is 7.88. The van der Waals surface area contributed by atoms with Crippen LogP contribution in [0.3, 0.4) is 0 Å². The largest absolute Gasteiger partial charge is 0.312 e. The topological polar surface area (TPSA) is 58.2 Å². The van der Waals surface area contributed by atoms with E-state index in [0.717, 1.165) is 19.3 Å². The van der Waals surface area contributed by atoms with Crippen molar-refractivity contribution >= 4 is 10.0 Å². The average molecular weight is 268 g/mol. The zero-order chi connectivity index (χ0) is 13.0. The third-order valence-electron chi connectivity index (χ3n) is 3.27. The van der Waals surface area contributed by atoms with E-state index in [-0.39, 0.29) is 0 Å². The maximum absolute atomic E-state index is 10.9. The zero-order valence-corrected chi connectivity index (χ0v) is 11.5. The second-order valence-corrected chi connectivity index (χ2v) is 6.66. The van der Waals surface area contributed by atoms with E-state index in [0.29, 0.717) is 19.1 Å². The van der Waals surface area contributed by atoms with Crippen molar-refractivity contribution in [2.45, 2.75) is 25.3 Å². The lowest BCUT2D eigenvalue weighted by Gasteiger charge is -2.25. The van der Waals surface area contributed by atoms with E-state index < -0.39 is 10.0 Å². The van der Waals surface area contributed by atoms with Crippen molar-refractivity contribution in [3.05, 3.63) is 35.4 Å². The summed E-state index contributed by atoms with van der Waals surface area (Å²) in [6, 6.07) is 8.99. The van der Waals surface area contributed by atoms with Crippen LogP contribution in [0.1, 0.15) is 17.5 Å². The fourth-order valence-electron chi connectivity index (χ4n) is 2.38. The number of nitrogens with one attached hydrogen (secondary N) is 2. The minimum Gasteiger partial charge on any atom is -0.312 e. The van der Waals surface area contributed by atoms with Gasteiger partial charge in [0.25, 0.3) is 0 Å². The standard InChI is InChI=1S/C13H20N2O2S/c1-18(16,17)15-9-8-14-13-7-6-11-4-2-3-5-12(11)10-13/h2-5,13-15H,6-10H2,1H3. The molecule has 5 heteroatoms. The summed E-state index contributed by atoms with van der Waals surface area (Å²) in [7, 11) is -3.07. The van der Waals surface area contributed by atoms with Crippen LogP contribution in [-0.4, -0.2) is 33.8 Å². The second kappa shape index (κ2) is 5.82. The van der Waals surface area contributed by atoms with Crippen LogP contribution < -0.4 is 10.0 Å². The van der Waals surface area contributed by atoms with Crippen LogP contribution in [0.5, 0.6) is 0 Å². The number of aryl methyl sites for hydroxylation is 1. The average Bonchev–Trinajstić information content (AvgIpc) is 2.33. The fourth-order valence-corrected chi connectivity index (χ4v) is 2.86. The highest BCUT2D eigenvalue weighted by Gasteiger charge is 2.17. The van der Waals surface area contributed by atoms with Gasteiger partial charge in [0.2, 0.25) is 10.0 Å². The molecule has 1 unspecified atom stereocenters. The summed E-state index contributed by atoms with van der Waals surface area (Å²) in [6.07, 6.45) is 4.45. The number of sulfonamides is 1. The molecule has 1 aliphatic rings. The van der Waals surface area contributed by atoms with Gasteiger partial charge in [-0.3, -0.25) is 0 Å². The monoisotopic (exact) mass is 268 g/mol. The van der Waals surface area contributed by atoms with Crippen LogP contribution in [0, 0.1) is 0 Å². The van der Waals surface area contributed by atoms with E-state index >= 15 is 0 Å². The molecule has 18 heavy (non-hydrogen) atoms. The van der Waals surface area contributed by atoms with Crippen molar-refractivity contribution in [1.29, 1.82) is 0 Å². The molecule has 0 saturated heterocycles. The molecule has 1 atom stereocenters. The lowest BCUT2D eigenvalue weighted by Crippen LogP contribution is -2.39. The normalized spacial score (nSPS) is 19.5. The maximum atomic E-state index is 10.9. The second-order valence-electron chi connectivity index (χ2n) is 4.83. The molecule has 0 radical (unpaired) electrons. The van der Waals surface area contributed by atoms with Gasteiger partial charge in [-0.05, 0) is 30.4 Å². The minimum absolute atomic E-state index is 0.455. The van der Waals surface area contributed by atoms with Crippen molar-refractivity contribution in [3.63, 3.8) is 0 Å². The molecule has 0 heterocycles. The summed E-state index contributed by atoms with van der Waals surface area (Å²) in [6.45, 7) is 1.14. The Morgan fingerprint density at radius 1 is 1.22 bits per heavy atom. The highest BCUT2D eigenvalue weighted by Crippen LogP contribution is 2.20. The summed E-state index contributed by atoms with van der Waals surface area (Å²) >= 11 is 0. The Morgan fingerprint density at radius 3 is 2.67 bits per heavy atom. The van der Waals surface area contributed by atoms with E-state index in [4.69, 9.17) is 0 Å². The smallest absolute Gasteiger partial charge is 0.208 e. The predicted molar refractivity (Wildman–Crippen MR) is 73.1 cm³/mol. The first kappa shape index (κ1) is 13.5. The Kier molecular flexibility index (Phi) is 4.37. The molecule has 0 aromatic heterocycles. The van der Waals surface area contributed by atoms with Gasteiger partial charge in [-0.25, -0.2) is 13.1 Å². The molecule has 0 aliphatic heterocycles. The third-order valence-corrected chi connectivity index (χ3v) is 4.00. The lowest BCUT2D eigenvalue weighted by molar-refractivity contribution is 0.460. The molecule has 0 spiro atoms. The van der Waals surface area contributed by atoms with Crippen molar-refractivity contribution in [1.82, 2.24) is 10.0 Å². The Labute approximate surface area is 109 Å². The van der Waals surface area contributed by atoms with Gasteiger partial charge in [-0.1, -0.05) is 24.3 Å². The van der Waals surface area contributed by atoms with Crippen molar-refractivity contribution in [2.24, 2.45) is 0 Å². The SMILES string of the molecule is CS(=O)(=O)NCCNC1CCc2ccccc2C1. The molecule has 1 aliphatic carbocycles. The molecule has 2 rings (SSSR count). The van der Waals surface area contributed by atoms with Gasteiger partial charge in [0.1, 0.15) is 0 Å².